The molecule has 0 bridgehead atoms. The van der Waals surface area contributed by atoms with Gasteiger partial charge in [0, 0.05) is 13.7 Å². The van der Waals surface area contributed by atoms with Crippen LogP contribution in [0.1, 0.15) is 11.1 Å². The molecule has 0 saturated heterocycles. The van der Waals surface area contributed by atoms with Crippen LogP contribution in [0.2, 0.25) is 0 Å². The minimum absolute atomic E-state index is 0.302. The molecule has 0 aromatic heterocycles. The van der Waals surface area contributed by atoms with Crippen LogP contribution in [0.4, 0.5) is 0 Å². The minimum Gasteiger partial charge on any atom is -0.457 e. The van der Waals surface area contributed by atoms with Gasteiger partial charge in [-0.2, -0.15) is 0 Å². The van der Waals surface area contributed by atoms with E-state index in [-0.39, 0.29) is 7.12 Å². The average Bonchev–Trinajstić information content (AvgIpc) is 2.90. The van der Waals surface area contributed by atoms with E-state index >= 15 is 0 Å². The highest BCUT2D eigenvalue weighted by molar-refractivity contribution is 6.62. The maximum absolute atomic E-state index is 5.87. The van der Waals surface area contributed by atoms with Gasteiger partial charge >= 0.3 is 7.12 Å². The minimum atomic E-state index is -0.302. The summed E-state index contributed by atoms with van der Waals surface area (Å²) in [5.74, 6) is 1.55. The molecule has 1 heterocycles. The van der Waals surface area contributed by atoms with Crippen molar-refractivity contribution in [3.05, 3.63) is 53.6 Å². The van der Waals surface area contributed by atoms with Gasteiger partial charge in [-0.1, -0.05) is 18.2 Å². The van der Waals surface area contributed by atoms with Gasteiger partial charge in [0.2, 0.25) is 0 Å². The molecular formula is C15H16BNO3. The van der Waals surface area contributed by atoms with Gasteiger partial charge in [0.15, 0.2) is 0 Å². The summed E-state index contributed by atoms with van der Waals surface area (Å²) in [5.41, 5.74) is 8.84. The van der Waals surface area contributed by atoms with Gasteiger partial charge in [0.1, 0.15) is 11.5 Å². The Bertz CT molecular complexity index is 618. The smallest absolute Gasteiger partial charge is 0.457 e. The lowest BCUT2D eigenvalue weighted by atomic mass is 9.79. The van der Waals surface area contributed by atoms with Crippen LogP contribution in [0.3, 0.4) is 0 Å². The average molecular weight is 269 g/mol. The van der Waals surface area contributed by atoms with Crippen molar-refractivity contribution in [2.75, 3.05) is 7.11 Å². The highest BCUT2D eigenvalue weighted by atomic mass is 16.6. The maximum atomic E-state index is 5.87. The summed E-state index contributed by atoms with van der Waals surface area (Å²) in [4.78, 5) is 0. The largest absolute Gasteiger partial charge is 0.494 e. The Hall–Kier alpha value is -1.82. The second-order valence-electron chi connectivity index (χ2n) is 4.69. The van der Waals surface area contributed by atoms with Crippen molar-refractivity contribution in [2.45, 2.75) is 13.2 Å². The van der Waals surface area contributed by atoms with Crippen LogP contribution in [0, 0.1) is 0 Å². The van der Waals surface area contributed by atoms with Crippen molar-refractivity contribution in [1.29, 1.82) is 0 Å². The first-order valence-electron chi connectivity index (χ1n) is 6.54. The second kappa shape index (κ2) is 5.67. The predicted octanol–water partition coefficient (Wildman–Crippen LogP) is 1.81. The summed E-state index contributed by atoms with van der Waals surface area (Å²) in [5, 5.41) is 0. The first-order chi connectivity index (χ1) is 9.80. The van der Waals surface area contributed by atoms with Gasteiger partial charge in [0.05, 0.1) is 6.61 Å². The molecule has 0 atom stereocenters. The van der Waals surface area contributed by atoms with Crippen molar-refractivity contribution < 1.29 is 14.0 Å². The fourth-order valence-electron chi connectivity index (χ4n) is 2.31. The Morgan fingerprint density at radius 2 is 2.05 bits per heavy atom. The van der Waals surface area contributed by atoms with Crippen LogP contribution in [-0.4, -0.2) is 14.2 Å². The molecule has 0 fully saturated rings. The quantitative estimate of drug-likeness (QED) is 0.860. The maximum Gasteiger partial charge on any atom is 0.494 e. The number of fused-ring (bicyclic) bond motifs is 1. The normalized spacial score (nSPS) is 13.4. The van der Waals surface area contributed by atoms with E-state index in [4.69, 9.17) is 19.8 Å². The molecule has 20 heavy (non-hydrogen) atoms. The first kappa shape index (κ1) is 13.2. The molecule has 0 unspecified atom stereocenters. The number of rotatable bonds is 4. The number of benzene rings is 2. The van der Waals surface area contributed by atoms with Crippen molar-refractivity contribution in [2.24, 2.45) is 5.73 Å². The summed E-state index contributed by atoms with van der Waals surface area (Å²) >= 11 is 0. The molecule has 2 aromatic rings. The number of hydrogen-bond acceptors (Lipinski definition) is 4. The highest BCUT2D eigenvalue weighted by Crippen LogP contribution is 2.24. The molecule has 1 aliphatic rings. The summed E-state index contributed by atoms with van der Waals surface area (Å²) in [6, 6.07) is 13.7. The standard InChI is InChI=1S/C15H16BNO3/c1-18-16-15-8-14(6-5-12(15)10-19-16)20-13-4-2-3-11(7-13)9-17/h2-8H,9-10,17H2,1H3. The molecule has 3 rings (SSSR count). The van der Waals surface area contributed by atoms with E-state index in [1.165, 1.54) is 0 Å². The second-order valence-corrected chi connectivity index (χ2v) is 4.69. The topological polar surface area (TPSA) is 53.7 Å². The van der Waals surface area contributed by atoms with Crippen LogP contribution in [0.15, 0.2) is 42.5 Å². The van der Waals surface area contributed by atoms with Gasteiger partial charge in [-0.15, -0.1) is 0 Å². The van der Waals surface area contributed by atoms with Crippen LogP contribution >= 0.6 is 0 Å². The molecule has 2 aromatic carbocycles. The number of nitrogens with two attached hydrogens (primary N) is 1. The van der Waals surface area contributed by atoms with Gasteiger partial charge in [0.25, 0.3) is 0 Å². The summed E-state index contributed by atoms with van der Waals surface area (Å²) < 4.78 is 16.7. The zero-order valence-electron chi connectivity index (χ0n) is 11.3. The highest BCUT2D eigenvalue weighted by Gasteiger charge is 2.29. The van der Waals surface area contributed by atoms with E-state index in [1.54, 1.807) is 7.11 Å². The predicted molar refractivity (Wildman–Crippen MR) is 78.0 cm³/mol. The lowest BCUT2D eigenvalue weighted by Crippen LogP contribution is -2.30. The van der Waals surface area contributed by atoms with E-state index in [0.717, 1.165) is 28.1 Å². The zero-order valence-corrected chi connectivity index (χ0v) is 11.3. The van der Waals surface area contributed by atoms with Crippen LogP contribution < -0.4 is 15.9 Å². The van der Waals surface area contributed by atoms with Gasteiger partial charge < -0.3 is 19.8 Å². The molecule has 4 nitrogen and oxygen atoms in total. The Labute approximate surface area is 118 Å². The van der Waals surface area contributed by atoms with Crippen molar-refractivity contribution in [3.63, 3.8) is 0 Å². The fraction of sp³-hybridized carbons (Fsp3) is 0.200. The Morgan fingerprint density at radius 3 is 2.85 bits per heavy atom. The molecule has 0 aliphatic carbocycles. The van der Waals surface area contributed by atoms with Gasteiger partial charge in [-0.3, -0.25) is 0 Å². The summed E-state index contributed by atoms with van der Waals surface area (Å²) in [7, 11) is 1.34. The molecule has 1 aliphatic heterocycles. The fourth-order valence-corrected chi connectivity index (χ4v) is 2.31. The first-order valence-corrected chi connectivity index (χ1v) is 6.54. The third-order valence-electron chi connectivity index (χ3n) is 3.35. The van der Waals surface area contributed by atoms with Crippen LogP contribution in [-0.2, 0) is 22.5 Å². The molecule has 5 heteroatoms. The van der Waals surface area contributed by atoms with Crippen molar-refractivity contribution >= 4 is 12.6 Å². The van der Waals surface area contributed by atoms with E-state index in [2.05, 4.69) is 0 Å². The van der Waals surface area contributed by atoms with E-state index < -0.39 is 0 Å². The molecular weight excluding hydrogens is 253 g/mol. The Balaban J connectivity index is 1.84. The lowest BCUT2D eigenvalue weighted by Gasteiger charge is -2.09. The summed E-state index contributed by atoms with van der Waals surface area (Å²) in [6.45, 7) is 1.08. The van der Waals surface area contributed by atoms with Crippen LogP contribution in [0.5, 0.6) is 11.5 Å². The Morgan fingerprint density at radius 1 is 1.20 bits per heavy atom. The molecule has 2 N–H and O–H groups in total. The third-order valence-corrected chi connectivity index (χ3v) is 3.35. The van der Waals surface area contributed by atoms with Crippen molar-refractivity contribution in [1.82, 2.24) is 0 Å². The molecule has 0 spiro atoms. The molecule has 0 amide bonds. The monoisotopic (exact) mass is 269 g/mol. The van der Waals surface area contributed by atoms with E-state index in [0.29, 0.717) is 13.2 Å². The molecule has 0 radical (unpaired) electrons. The van der Waals surface area contributed by atoms with E-state index in [1.807, 2.05) is 42.5 Å². The third kappa shape index (κ3) is 2.56. The van der Waals surface area contributed by atoms with Crippen LogP contribution in [0.25, 0.3) is 0 Å². The number of hydrogen-bond donors (Lipinski definition) is 1. The SMILES string of the molecule is COB1OCc2ccc(Oc3cccc(CN)c3)cc21. The zero-order chi connectivity index (χ0) is 13.9. The Kier molecular flexibility index (Phi) is 3.73. The molecule has 0 saturated carbocycles. The van der Waals surface area contributed by atoms with Gasteiger partial charge in [-0.25, -0.2) is 0 Å². The van der Waals surface area contributed by atoms with E-state index in [9.17, 15) is 0 Å². The summed E-state index contributed by atoms with van der Waals surface area (Å²) in [6.07, 6.45) is 0. The lowest BCUT2D eigenvalue weighted by molar-refractivity contribution is 0.245. The van der Waals surface area contributed by atoms with Gasteiger partial charge in [-0.05, 0) is 40.9 Å². The van der Waals surface area contributed by atoms with Crippen molar-refractivity contribution in [3.8, 4) is 11.5 Å². The number of ether oxygens (including phenoxy) is 1. The molecule has 102 valence electrons.